The molecular formula is C13H13F5O3S. The predicted molar refractivity (Wildman–Crippen MR) is 73.8 cm³/mol. The highest BCUT2D eigenvalue weighted by molar-refractivity contribution is 8.46. The summed E-state index contributed by atoms with van der Waals surface area (Å²) in [6.45, 7) is 2.97. The van der Waals surface area contributed by atoms with E-state index < -0.39 is 39.2 Å². The molecule has 0 radical (unpaired) electrons. The molecule has 1 aromatic rings. The fourth-order valence-electron chi connectivity index (χ4n) is 1.72. The Morgan fingerprint density at radius 1 is 1.14 bits per heavy atom. The largest absolute Gasteiger partial charge is 0.465 e. The Labute approximate surface area is 123 Å². The molecule has 0 fully saturated rings. The number of allylic oxidation sites excluding steroid dienone is 1. The molecule has 0 aromatic heterocycles. The van der Waals surface area contributed by atoms with Crippen molar-refractivity contribution >= 4 is 22.0 Å². The van der Waals surface area contributed by atoms with Crippen LogP contribution in [0.25, 0.3) is 0 Å². The van der Waals surface area contributed by atoms with Crippen LogP contribution in [0.1, 0.15) is 27.1 Å². The van der Waals surface area contributed by atoms with Crippen LogP contribution in [0.3, 0.4) is 0 Å². The SMILES string of the molecule is C=CCC(C(=O)c1ccc(C(=O)OC)cc1)S(F)(F)(F)(F)F. The van der Waals surface area contributed by atoms with Gasteiger partial charge in [-0.15, -0.1) is 6.58 Å². The average molecular weight is 344 g/mol. The van der Waals surface area contributed by atoms with Crippen molar-refractivity contribution in [2.24, 2.45) is 0 Å². The lowest BCUT2D eigenvalue weighted by Gasteiger charge is -2.45. The van der Waals surface area contributed by atoms with E-state index in [0.717, 1.165) is 31.4 Å². The summed E-state index contributed by atoms with van der Waals surface area (Å²) >= 11 is 0. The summed E-state index contributed by atoms with van der Waals surface area (Å²) < 4.78 is 69.0. The number of hydrogen-bond acceptors (Lipinski definition) is 3. The van der Waals surface area contributed by atoms with E-state index in [-0.39, 0.29) is 5.56 Å². The van der Waals surface area contributed by atoms with Crippen LogP contribution in [0.4, 0.5) is 19.4 Å². The van der Waals surface area contributed by atoms with Crippen molar-refractivity contribution in [3.05, 3.63) is 48.0 Å². The number of methoxy groups -OCH3 is 1. The summed E-state index contributed by atoms with van der Waals surface area (Å²) in [6, 6.07) is 3.78. The summed E-state index contributed by atoms with van der Waals surface area (Å²) in [7, 11) is -8.93. The first-order valence-electron chi connectivity index (χ1n) is 5.86. The maximum Gasteiger partial charge on any atom is 0.337 e. The number of ether oxygens (including phenoxy) is 1. The zero-order valence-electron chi connectivity index (χ0n) is 11.4. The zero-order valence-corrected chi connectivity index (χ0v) is 12.2. The van der Waals surface area contributed by atoms with Gasteiger partial charge in [0.05, 0.1) is 12.7 Å². The number of rotatable bonds is 6. The van der Waals surface area contributed by atoms with E-state index in [9.17, 15) is 29.0 Å². The van der Waals surface area contributed by atoms with Crippen molar-refractivity contribution in [1.29, 1.82) is 0 Å². The van der Waals surface area contributed by atoms with Crippen molar-refractivity contribution in [1.82, 2.24) is 0 Å². The van der Waals surface area contributed by atoms with Gasteiger partial charge in [0.2, 0.25) is 0 Å². The van der Waals surface area contributed by atoms with Crippen molar-refractivity contribution < 1.29 is 33.8 Å². The summed E-state index contributed by atoms with van der Waals surface area (Å²) in [5, 5.41) is -3.44. The molecule has 22 heavy (non-hydrogen) atoms. The highest BCUT2D eigenvalue weighted by Gasteiger charge is 2.71. The van der Waals surface area contributed by atoms with E-state index in [0.29, 0.717) is 6.08 Å². The Kier molecular flexibility index (Phi) is 4.19. The minimum absolute atomic E-state index is 0.0216. The average Bonchev–Trinajstić information content (AvgIpc) is 2.40. The van der Waals surface area contributed by atoms with Gasteiger partial charge in [0, 0.05) is 5.56 Å². The van der Waals surface area contributed by atoms with Crippen LogP contribution < -0.4 is 0 Å². The second kappa shape index (κ2) is 5.08. The lowest BCUT2D eigenvalue weighted by molar-refractivity contribution is 0.0600. The van der Waals surface area contributed by atoms with Crippen LogP contribution in [0.15, 0.2) is 36.9 Å². The Bertz CT molecular complexity index is 607. The summed E-state index contributed by atoms with van der Waals surface area (Å²) in [4.78, 5) is 23.0. The molecule has 9 heteroatoms. The van der Waals surface area contributed by atoms with Crippen LogP contribution in [0.5, 0.6) is 0 Å². The van der Waals surface area contributed by atoms with Crippen molar-refractivity contribution in [2.45, 2.75) is 11.7 Å². The first-order chi connectivity index (χ1) is 9.80. The number of carbonyl (C=O) groups is 2. The number of Topliss-reactive ketones (excluding diaryl/α,β-unsaturated/α-hetero) is 1. The lowest BCUT2D eigenvalue weighted by atomic mass is 10.0. The molecule has 0 saturated carbocycles. The van der Waals surface area contributed by atoms with Gasteiger partial charge in [-0.3, -0.25) is 4.79 Å². The molecule has 124 valence electrons. The van der Waals surface area contributed by atoms with Gasteiger partial charge in [-0.25, -0.2) is 4.79 Å². The topological polar surface area (TPSA) is 43.4 Å². The molecule has 1 aromatic carbocycles. The highest BCUT2D eigenvalue weighted by atomic mass is 32.5. The first-order valence-corrected chi connectivity index (χ1v) is 7.88. The predicted octanol–water partition coefficient (Wildman–Crippen LogP) is 4.90. The molecule has 0 aliphatic heterocycles. The molecule has 0 aliphatic carbocycles. The third-order valence-electron chi connectivity index (χ3n) is 2.80. The van der Waals surface area contributed by atoms with Crippen LogP contribution in [-0.4, -0.2) is 24.1 Å². The van der Waals surface area contributed by atoms with E-state index in [1.165, 1.54) is 0 Å². The highest BCUT2D eigenvalue weighted by Crippen LogP contribution is 3.00. The zero-order chi connectivity index (χ0) is 17.2. The van der Waals surface area contributed by atoms with Crippen LogP contribution in [-0.2, 0) is 4.74 Å². The van der Waals surface area contributed by atoms with E-state index in [1.807, 2.05) is 0 Å². The lowest BCUT2D eigenvalue weighted by Crippen LogP contribution is -2.33. The van der Waals surface area contributed by atoms with Crippen molar-refractivity contribution in [3.8, 4) is 0 Å². The van der Waals surface area contributed by atoms with E-state index >= 15 is 0 Å². The molecule has 1 atom stereocenters. The molecule has 0 amide bonds. The third-order valence-corrected chi connectivity index (χ3v) is 4.28. The number of esters is 1. The number of ketones is 1. The molecule has 0 heterocycles. The number of benzene rings is 1. The Morgan fingerprint density at radius 3 is 1.95 bits per heavy atom. The van der Waals surface area contributed by atoms with Crippen LogP contribution in [0.2, 0.25) is 0 Å². The molecule has 0 spiro atoms. The minimum Gasteiger partial charge on any atom is -0.465 e. The maximum atomic E-state index is 12.9. The fraction of sp³-hybridized carbons (Fsp3) is 0.231. The first kappa shape index (κ1) is 18.1. The second-order valence-electron chi connectivity index (χ2n) is 4.47. The van der Waals surface area contributed by atoms with E-state index in [2.05, 4.69) is 11.3 Å². The van der Waals surface area contributed by atoms with Crippen LogP contribution >= 0.6 is 10.2 Å². The monoisotopic (exact) mass is 344 g/mol. The quantitative estimate of drug-likeness (QED) is 0.319. The number of halogens is 5. The molecule has 0 aliphatic rings. The standard InChI is InChI=1S/C13H13F5O3S/c1-3-4-11(22(14,15,16,17)18)12(19)9-5-7-10(8-6-9)13(20)21-2/h3,5-8,11H,1,4H2,2H3. The Balaban J connectivity index is 3.22. The number of hydrogen-bond donors (Lipinski definition) is 0. The van der Waals surface area contributed by atoms with Crippen molar-refractivity contribution in [2.75, 3.05) is 7.11 Å². The number of carbonyl (C=O) groups excluding carboxylic acids is 2. The molecule has 0 N–H and O–H groups in total. The summed E-state index contributed by atoms with van der Waals surface area (Å²) in [6.07, 6.45) is -0.612. The van der Waals surface area contributed by atoms with Gasteiger partial charge in [0.1, 0.15) is 0 Å². The molecular weight excluding hydrogens is 331 g/mol. The van der Waals surface area contributed by atoms with Gasteiger partial charge >= 0.3 is 5.97 Å². The maximum absolute atomic E-state index is 12.9. The second-order valence-corrected chi connectivity index (χ2v) is 7.10. The molecule has 3 nitrogen and oxygen atoms in total. The molecule has 0 saturated heterocycles. The third kappa shape index (κ3) is 4.30. The Morgan fingerprint density at radius 2 is 1.59 bits per heavy atom. The van der Waals surface area contributed by atoms with Gasteiger partial charge < -0.3 is 4.74 Å². The van der Waals surface area contributed by atoms with Gasteiger partial charge in [-0.05, 0) is 18.6 Å². The van der Waals surface area contributed by atoms with Gasteiger partial charge in [0.15, 0.2) is 11.0 Å². The molecule has 1 rings (SSSR count). The fourth-order valence-corrected chi connectivity index (χ4v) is 2.76. The van der Waals surface area contributed by atoms with Crippen LogP contribution in [0, 0.1) is 0 Å². The smallest absolute Gasteiger partial charge is 0.337 e. The van der Waals surface area contributed by atoms with E-state index in [4.69, 9.17) is 0 Å². The molecule has 0 bridgehead atoms. The van der Waals surface area contributed by atoms with E-state index in [1.54, 1.807) is 0 Å². The van der Waals surface area contributed by atoms with Gasteiger partial charge in [-0.2, -0.15) is 0 Å². The normalized spacial score (nSPS) is 16.1. The Hall–Kier alpha value is -1.90. The summed E-state index contributed by atoms with van der Waals surface area (Å²) in [5.41, 5.74) is -0.598. The van der Waals surface area contributed by atoms with Gasteiger partial charge in [-0.1, -0.05) is 37.6 Å². The minimum atomic E-state index is -10.0. The van der Waals surface area contributed by atoms with Crippen molar-refractivity contribution in [3.63, 3.8) is 0 Å². The summed E-state index contributed by atoms with van der Waals surface area (Å²) in [5.74, 6) is -2.54. The van der Waals surface area contributed by atoms with Gasteiger partial charge in [0.25, 0.3) is 10.2 Å². The molecule has 1 unspecified atom stereocenters.